The highest BCUT2D eigenvalue weighted by atomic mass is 16.5. The summed E-state index contributed by atoms with van der Waals surface area (Å²) in [7, 11) is 8.10. The summed E-state index contributed by atoms with van der Waals surface area (Å²) in [6, 6.07) is 10.5. The van der Waals surface area contributed by atoms with Crippen LogP contribution in [0.25, 0.3) is 0 Å². The van der Waals surface area contributed by atoms with Crippen LogP contribution in [0.15, 0.2) is 36.4 Å². The Hall–Kier alpha value is -3.46. The molecular weight excluding hydrogens is 482 g/mol. The summed E-state index contributed by atoms with van der Waals surface area (Å²) in [6.45, 7) is 1.45. The van der Waals surface area contributed by atoms with Gasteiger partial charge in [0, 0.05) is 29.4 Å². The van der Waals surface area contributed by atoms with Gasteiger partial charge in [0.25, 0.3) is 5.91 Å². The van der Waals surface area contributed by atoms with Gasteiger partial charge in [0.2, 0.25) is 17.7 Å². The van der Waals surface area contributed by atoms with E-state index < -0.39 is 17.3 Å². The fraction of sp³-hybridized carbons (Fsp3) is 0.360. The van der Waals surface area contributed by atoms with E-state index in [1.54, 1.807) is 12.1 Å². The van der Waals surface area contributed by atoms with Crippen LogP contribution in [-0.4, -0.2) is 90.6 Å². The molecule has 0 aromatic heterocycles. The summed E-state index contributed by atoms with van der Waals surface area (Å²) in [5.41, 5.74) is 4.35. The Kier molecular flexibility index (Phi) is 6.90. The second-order valence-corrected chi connectivity index (χ2v) is 10.7. The van der Waals surface area contributed by atoms with Gasteiger partial charge in [-0.05, 0) is 29.7 Å². The van der Waals surface area contributed by atoms with E-state index in [0.717, 1.165) is 22.2 Å². The molecule has 0 spiro atoms. The minimum atomic E-state index is -0.672. The maximum atomic E-state index is 13.1. The molecule has 0 bridgehead atoms. The molecule has 0 saturated carbocycles. The second-order valence-electron chi connectivity index (χ2n) is 10.7. The number of piperidine rings is 1. The lowest BCUT2D eigenvalue weighted by molar-refractivity contribution is -0.145. The lowest BCUT2D eigenvalue weighted by Gasteiger charge is -2.42. The van der Waals surface area contributed by atoms with Gasteiger partial charge < -0.3 is 19.3 Å². The van der Waals surface area contributed by atoms with Gasteiger partial charge in [-0.15, -0.1) is 0 Å². The van der Waals surface area contributed by atoms with E-state index in [0.29, 0.717) is 30.9 Å². The average Bonchev–Trinajstić information content (AvgIpc) is 3.21. The molecule has 2 unspecified atom stereocenters. The predicted octanol–water partition coefficient (Wildman–Crippen LogP) is -3.35. The lowest BCUT2D eigenvalue weighted by atomic mass is 9.54. The average molecular weight is 511 g/mol. The van der Waals surface area contributed by atoms with Gasteiger partial charge in [0.1, 0.15) is 41.9 Å². The van der Waals surface area contributed by atoms with E-state index in [2.05, 4.69) is 33.1 Å². The molecule has 38 heavy (non-hydrogen) atoms. The number of nitrogens with one attached hydrogen (secondary N) is 1. The third kappa shape index (κ3) is 4.64. The number of morpholine rings is 1. The van der Waals surface area contributed by atoms with Gasteiger partial charge in [-0.1, -0.05) is 29.7 Å². The van der Waals surface area contributed by atoms with Crippen LogP contribution < -0.4 is 15.5 Å². The van der Waals surface area contributed by atoms with E-state index in [9.17, 15) is 19.2 Å². The van der Waals surface area contributed by atoms with Gasteiger partial charge >= 0.3 is 0 Å². The largest absolute Gasteiger partial charge is 0.495 e. The molecule has 2 fully saturated rings. The number of benzene rings is 2. The van der Waals surface area contributed by atoms with Crippen molar-refractivity contribution >= 4 is 60.5 Å². The highest BCUT2D eigenvalue weighted by Gasteiger charge is 2.40. The quantitative estimate of drug-likeness (QED) is 0.322. The van der Waals surface area contributed by atoms with E-state index in [4.69, 9.17) is 9.47 Å². The molecule has 2 aromatic carbocycles. The van der Waals surface area contributed by atoms with Crippen LogP contribution in [0.3, 0.4) is 0 Å². The minimum Gasteiger partial charge on any atom is -0.495 e. The molecule has 2 saturated heterocycles. The Morgan fingerprint density at radius 3 is 2.63 bits per heavy atom. The monoisotopic (exact) mass is 511 g/mol. The summed E-state index contributed by atoms with van der Waals surface area (Å²) < 4.78 is 11.7. The van der Waals surface area contributed by atoms with E-state index in [-0.39, 0.29) is 43.3 Å². The van der Waals surface area contributed by atoms with Crippen LogP contribution in [0.5, 0.6) is 5.75 Å². The Morgan fingerprint density at radius 1 is 1.13 bits per heavy atom. The number of hydrogen-bond acceptors (Lipinski definition) is 6. The molecule has 3 heterocycles. The summed E-state index contributed by atoms with van der Waals surface area (Å²) in [5, 5.41) is 1.86. The van der Waals surface area contributed by atoms with Gasteiger partial charge in [0.05, 0.1) is 19.2 Å². The normalized spacial score (nSPS) is 20.8. The molecule has 0 aliphatic carbocycles. The van der Waals surface area contributed by atoms with Crippen LogP contribution in [0.4, 0.5) is 0 Å². The lowest BCUT2D eigenvalue weighted by Crippen LogP contribution is -2.56. The smallest absolute Gasteiger partial charge is 0.255 e. The number of carbonyl (C=O) groups excluding carboxylic acids is 4. The molecule has 3 aliphatic rings. The number of amides is 4. The third-order valence-corrected chi connectivity index (χ3v) is 7.88. The van der Waals surface area contributed by atoms with E-state index >= 15 is 0 Å². The molecule has 5 rings (SSSR count). The fourth-order valence-corrected chi connectivity index (χ4v) is 5.81. The number of carbonyl (C=O) groups is 4. The zero-order valence-electron chi connectivity index (χ0n) is 22.2. The first kappa shape index (κ1) is 26.2. The number of rotatable bonds is 6. The van der Waals surface area contributed by atoms with Crippen molar-refractivity contribution in [1.29, 1.82) is 0 Å². The fourth-order valence-electron chi connectivity index (χ4n) is 5.81. The van der Waals surface area contributed by atoms with E-state index in [1.807, 2.05) is 32.7 Å². The van der Waals surface area contributed by atoms with Crippen molar-refractivity contribution in [2.45, 2.75) is 36.8 Å². The topological polar surface area (TPSA) is 105 Å². The van der Waals surface area contributed by atoms with Crippen molar-refractivity contribution in [2.75, 3.05) is 19.8 Å². The molecule has 4 amide bonds. The molecule has 13 heteroatoms. The Bertz CT molecular complexity index is 1340. The summed E-state index contributed by atoms with van der Waals surface area (Å²) in [6.07, 6.45) is 0.526. The summed E-state index contributed by atoms with van der Waals surface area (Å²) in [4.78, 5) is 53.0. The number of ether oxygens (including phenoxy) is 2. The number of fused-ring (bicyclic) bond motifs is 1. The zero-order chi connectivity index (χ0) is 27.2. The Morgan fingerprint density at radius 2 is 1.92 bits per heavy atom. The number of imide groups is 1. The van der Waals surface area contributed by atoms with Crippen LogP contribution in [0.1, 0.15) is 45.9 Å². The molecule has 0 radical (unpaired) electrons. The third-order valence-electron chi connectivity index (χ3n) is 7.88. The highest BCUT2D eigenvalue weighted by molar-refractivity contribution is 6.44. The maximum Gasteiger partial charge on any atom is 0.255 e. The van der Waals surface area contributed by atoms with Crippen molar-refractivity contribution in [3.63, 3.8) is 0 Å². The molecular formula is C25H29B4N3O6. The van der Waals surface area contributed by atoms with Crippen molar-refractivity contribution in [2.24, 2.45) is 0 Å². The Labute approximate surface area is 225 Å². The molecule has 1 N–H and O–H groups in total. The van der Waals surface area contributed by atoms with Gasteiger partial charge in [-0.25, -0.2) is 0 Å². The van der Waals surface area contributed by atoms with Crippen molar-refractivity contribution in [3.05, 3.63) is 58.7 Å². The second kappa shape index (κ2) is 10.0. The Balaban J connectivity index is 1.34. The first-order valence-electron chi connectivity index (χ1n) is 13.0. The minimum absolute atomic E-state index is 0.0136. The van der Waals surface area contributed by atoms with Crippen LogP contribution in [0, 0.1) is 0 Å². The van der Waals surface area contributed by atoms with Crippen molar-refractivity contribution in [1.82, 2.24) is 15.1 Å². The summed E-state index contributed by atoms with van der Waals surface area (Å²) >= 11 is 0. The molecule has 9 nitrogen and oxygen atoms in total. The SMILES string of the molecule is Bc1cc(C(B)Oc2cccc3c2CN(C2CCC(=O)NC2=O)C3=O)ccc1C(B)(B)N1CCOCC1=O. The molecule has 2 atom stereocenters. The standard InChI is InChI=1S/C25H29B4N3O6/c26-17-10-13(4-5-16(17)25(28,29)32-8-9-37-12-21(32)34)22(27)38-19-3-1-2-14-15(19)11-31(24(14)36)18-6-7-20(33)30-23(18)35/h1-5,10,18,22H,6-9,11-12,26-29H2,(H,30,33,35). The molecule has 192 valence electrons. The van der Waals surface area contributed by atoms with Gasteiger partial charge in [-0.2, -0.15) is 0 Å². The maximum absolute atomic E-state index is 13.1. The summed E-state index contributed by atoms with van der Waals surface area (Å²) in [5.74, 6) is -0.392. The molecule has 3 aliphatic heterocycles. The zero-order valence-corrected chi connectivity index (χ0v) is 22.2. The van der Waals surface area contributed by atoms with Crippen LogP contribution in [-0.2, 0) is 31.0 Å². The van der Waals surface area contributed by atoms with Crippen molar-refractivity contribution in [3.8, 4) is 5.75 Å². The number of hydrogen-bond donors (Lipinski definition) is 1. The van der Waals surface area contributed by atoms with Gasteiger partial charge in [0.15, 0.2) is 7.85 Å². The highest BCUT2D eigenvalue weighted by Crippen LogP contribution is 2.35. The van der Waals surface area contributed by atoms with Crippen LogP contribution >= 0.6 is 0 Å². The van der Waals surface area contributed by atoms with Crippen molar-refractivity contribution < 1.29 is 28.7 Å². The van der Waals surface area contributed by atoms with Crippen LogP contribution in [0.2, 0.25) is 0 Å². The van der Waals surface area contributed by atoms with Gasteiger partial charge in [-0.3, -0.25) is 24.5 Å². The first-order chi connectivity index (χ1) is 18.1. The molecule has 2 aromatic rings. The first-order valence-corrected chi connectivity index (χ1v) is 13.0. The number of nitrogens with zero attached hydrogens (tertiary/aromatic N) is 2. The predicted molar refractivity (Wildman–Crippen MR) is 150 cm³/mol. The van der Waals surface area contributed by atoms with E-state index in [1.165, 1.54) is 4.90 Å².